The van der Waals surface area contributed by atoms with Crippen LogP contribution in [0.25, 0.3) is 0 Å². The highest BCUT2D eigenvalue weighted by Gasteiger charge is 2.26. The number of aromatic nitrogens is 4. The normalized spacial score (nSPS) is 11.4. The van der Waals surface area contributed by atoms with Crippen molar-refractivity contribution in [2.24, 2.45) is 0 Å². The van der Waals surface area contributed by atoms with Crippen LogP contribution in [0.1, 0.15) is 18.3 Å². The molecule has 0 saturated carbocycles. The van der Waals surface area contributed by atoms with Crippen LogP contribution in [0.4, 0.5) is 5.69 Å². The number of tetrazole rings is 1. The summed E-state index contributed by atoms with van der Waals surface area (Å²) < 4.78 is 18.7. The van der Waals surface area contributed by atoms with E-state index in [2.05, 4.69) is 26.9 Å². The van der Waals surface area contributed by atoms with E-state index in [4.69, 9.17) is 19.5 Å². The second kappa shape index (κ2) is 13.6. The number of nitriles is 1. The van der Waals surface area contributed by atoms with Gasteiger partial charge in [-0.3, -0.25) is 9.69 Å². The minimum Gasteiger partial charge on any atom is -0.497 e. The summed E-state index contributed by atoms with van der Waals surface area (Å²) in [6, 6.07) is 25.5. The summed E-state index contributed by atoms with van der Waals surface area (Å²) in [7, 11) is 3.38. The predicted octanol–water partition coefficient (Wildman–Crippen LogP) is 4.08. The lowest BCUT2D eigenvalue weighted by molar-refractivity contribution is -0.117. The smallest absolute Gasteiger partial charge is 0.238 e. The fourth-order valence-corrected chi connectivity index (χ4v) is 3.80. The zero-order valence-electron chi connectivity index (χ0n) is 21.7. The Morgan fingerprint density at radius 1 is 1.03 bits per heavy atom. The number of carbonyl (C=O) groups excluding carboxylic acids is 1. The molecule has 1 atom stereocenters. The number of benzene rings is 3. The van der Waals surface area contributed by atoms with Crippen molar-refractivity contribution in [2.75, 3.05) is 32.6 Å². The number of likely N-dealkylation sites (N-methyl/N-ethyl adjacent to an activating group) is 1. The lowest BCUT2D eigenvalue weighted by atomic mass is 10.2. The monoisotopic (exact) mass is 527 g/mol. The van der Waals surface area contributed by atoms with Crippen LogP contribution >= 0.6 is 0 Å². The lowest BCUT2D eigenvalue weighted by Crippen LogP contribution is -2.37. The van der Waals surface area contributed by atoms with Gasteiger partial charge >= 0.3 is 0 Å². The van der Waals surface area contributed by atoms with Crippen molar-refractivity contribution in [3.8, 4) is 29.1 Å². The summed E-state index contributed by atoms with van der Waals surface area (Å²) in [6.07, 6.45) is 0.246. The quantitative estimate of drug-likeness (QED) is 0.274. The number of carbonyl (C=O) groups is 1. The highest BCUT2D eigenvalue weighted by molar-refractivity contribution is 5.92. The fourth-order valence-electron chi connectivity index (χ4n) is 3.80. The van der Waals surface area contributed by atoms with Gasteiger partial charge in [-0.25, -0.2) is 4.68 Å². The third-order valence-electron chi connectivity index (χ3n) is 5.78. The topological polar surface area (TPSA) is 127 Å². The molecule has 1 unspecified atom stereocenters. The zero-order chi connectivity index (χ0) is 27.5. The molecule has 0 radical (unpaired) electrons. The van der Waals surface area contributed by atoms with Crippen molar-refractivity contribution < 1.29 is 19.0 Å². The molecule has 11 heteroatoms. The molecule has 4 aromatic rings. The van der Waals surface area contributed by atoms with Gasteiger partial charge in [-0.05, 0) is 66.0 Å². The standard InChI is InChI=1S/C28H29N7O4/c1-34(19-27(36)30-21-12-14-23(15-13-21)39-22-8-4-3-5-9-22)26(28-31-32-33-35(28)17-7-16-29)20-38-25-11-6-10-24(18-25)37-2/h3-6,8-15,18,26H,7,17,19-20H2,1-2H3,(H,30,36). The van der Waals surface area contributed by atoms with Gasteiger partial charge in [0.05, 0.1) is 32.7 Å². The third kappa shape index (κ3) is 7.77. The van der Waals surface area contributed by atoms with Crippen LogP contribution in [0.5, 0.6) is 23.0 Å². The van der Waals surface area contributed by atoms with Gasteiger partial charge < -0.3 is 19.5 Å². The first-order valence-corrected chi connectivity index (χ1v) is 12.3. The van der Waals surface area contributed by atoms with Crippen LogP contribution in [-0.2, 0) is 11.3 Å². The number of hydrogen-bond acceptors (Lipinski definition) is 9. The van der Waals surface area contributed by atoms with E-state index >= 15 is 0 Å². The molecule has 0 fully saturated rings. The number of aryl methyl sites for hydroxylation is 1. The molecule has 0 aliphatic carbocycles. The SMILES string of the molecule is COc1cccc(OCC(c2nnnn2CCC#N)N(C)CC(=O)Nc2ccc(Oc3ccccc3)cc2)c1. The molecule has 4 rings (SSSR count). The number of ether oxygens (including phenoxy) is 3. The van der Waals surface area contributed by atoms with E-state index in [9.17, 15) is 4.79 Å². The molecule has 0 aliphatic heterocycles. The van der Waals surface area contributed by atoms with Crippen LogP contribution in [0, 0.1) is 11.3 Å². The molecule has 11 nitrogen and oxygen atoms in total. The minimum atomic E-state index is -0.475. The number of hydrogen-bond donors (Lipinski definition) is 1. The molecule has 0 saturated heterocycles. The molecule has 1 heterocycles. The number of nitrogens with one attached hydrogen (secondary N) is 1. The fraction of sp³-hybridized carbons (Fsp3) is 0.250. The largest absolute Gasteiger partial charge is 0.497 e. The summed E-state index contributed by atoms with van der Waals surface area (Å²) >= 11 is 0. The average Bonchev–Trinajstić information content (AvgIpc) is 3.42. The van der Waals surface area contributed by atoms with Crippen LogP contribution in [-0.4, -0.2) is 58.3 Å². The summed E-state index contributed by atoms with van der Waals surface area (Å²) in [5.41, 5.74) is 0.636. The molecule has 39 heavy (non-hydrogen) atoms. The van der Waals surface area contributed by atoms with Gasteiger partial charge in [-0.2, -0.15) is 5.26 Å². The van der Waals surface area contributed by atoms with E-state index in [1.807, 2.05) is 48.5 Å². The molecule has 1 amide bonds. The Morgan fingerprint density at radius 2 is 1.74 bits per heavy atom. The zero-order valence-corrected chi connectivity index (χ0v) is 21.7. The molecule has 200 valence electrons. The first kappa shape index (κ1) is 27.1. The Hall–Kier alpha value is -4.95. The molecule has 0 bridgehead atoms. The Kier molecular flexibility index (Phi) is 9.42. The summed E-state index contributed by atoms with van der Waals surface area (Å²) in [6.45, 7) is 0.529. The highest BCUT2D eigenvalue weighted by atomic mass is 16.5. The number of para-hydroxylation sites is 1. The van der Waals surface area contributed by atoms with Gasteiger partial charge in [-0.15, -0.1) is 5.10 Å². The predicted molar refractivity (Wildman–Crippen MR) is 143 cm³/mol. The first-order chi connectivity index (χ1) is 19.1. The Morgan fingerprint density at radius 3 is 2.49 bits per heavy atom. The maximum absolute atomic E-state index is 12.9. The Balaban J connectivity index is 1.42. The molecule has 3 aromatic carbocycles. The van der Waals surface area contributed by atoms with Gasteiger partial charge in [0.15, 0.2) is 5.82 Å². The van der Waals surface area contributed by atoms with Crippen LogP contribution in [0.15, 0.2) is 78.9 Å². The van der Waals surface area contributed by atoms with Crippen molar-refractivity contribution in [3.05, 3.63) is 84.7 Å². The number of methoxy groups -OCH3 is 1. The van der Waals surface area contributed by atoms with Crippen molar-refractivity contribution in [1.29, 1.82) is 5.26 Å². The number of rotatable bonds is 13. The average molecular weight is 528 g/mol. The number of nitrogens with zero attached hydrogens (tertiary/aromatic N) is 6. The van der Waals surface area contributed by atoms with E-state index in [-0.39, 0.29) is 25.5 Å². The lowest BCUT2D eigenvalue weighted by Gasteiger charge is -2.26. The summed E-state index contributed by atoms with van der Waals surface area (Å²) in [4.78, 5) is 14.7. The summed E-state index contributed by atoms with van der Waals surface area (Å²) in [5, 5.41) is 23.9. The molecule has 0 spiro atoms. The maximum atomic E-state index is 12.9. The van der Waals surface area contributed by atoms with E-state index in [0.717, 1.165) is 5.75 Å². The van der Waals surface area contributed by atoms with Gasteiger partial charge in [-0.1, -0.05) is 24.3 Å². The second-order valence-corrected chi connectivity index (χ2v) is 8.58. The molecular formula is C28H29N7O4. The van der Waals surface area contributed by atoms with Crippen LogP contribution in [0.3, 0.4) is 0 Å². The van der Waals surface area contributed by atoms with E-state index in [1.165, 1.54) is 0 Å². The van der Waals surface area contributed by atoms with Crippen molar-refractivity contribution in [2.45, 2.75) is 19.0 Å². The Labute approximate surface area is 226 Å². The maximum Gasteiger partial charge on any atom is 0.238 e. The molecule has 1 N–H and O–H groups in total. The van der Waals surface area contributed by atoms with Gasteiger partial charge in [0.2, 0.25) is 5.91 Å². The van der Waals surface area contributed by atoms with Crippen molar-refractivity contribution in [3.63, 3.8) is 0 Å². The van der Waals surface area contributed by atoms with E-state index in [0.29, 0.717) is 35.3 Å². The van der Waals surface area contributed by atoms with Crippen molar-refractivity contribution >= 4 is 11.6 Å². The van der Waals surface area contributed by atoms with Crippen LogP contribution < -0.4 is 19.5 Å². The molecule has 0 aliphatic rings. The van der Waals surface area contributed by atoms with E-state index in [1.54, 1.807) is 54.1 Å². The number of amides is 1. The molecular weight excluding hydrogens is 498 g/mol. The third-order valence-corrected chi connectivity index (χ3v) is 5.78. The van der Waals surface area contributed by atoms with Gasteiger partial charge in [0.25, 0.3) is 0 Å². The van der Waals surface area contributed by atoms with E-state index < -0.39 is 6.04 Å². The summed E-state index contributed by atoms with van der Waals surface area (Å²) in [5.74, 6) is 2.93. The minimum absolute atomic E-state index is 0.0412. The second-order valence-electron chi connectivity index (χ2n) is 8.58. The first-order valence-electron chi connectivity index (χ1n) is 12.3. The number of anilines is 1. The van der Waals surface area contributed by atoms with Gasteiger partial charge in [0, 0.05) is 11.8 Å². The Bertz CT molecular complexity index is 1390. The molecule has 1 aromatic heterocycles. The van der Waals surface area contributed by atoms with Gasteiger partial charge in [0.1, 0.15) is 35.6 Å². The van der Waals surface area contributed by atoms with Crippen molar-refractivity contribution in [1.82, 2.24) is 25.1 Å². The highest BCUT2D eigenvalue weighted by Crippen LogP contribution is 2.24. The van der Waals surface area contributed by atoms with Crippen LogP contribution in [0.2, 0.25) is 0 Å².